The van der Waals surface area contributed by atoms with Gasteiger partial charge in [0.1, 0.15) is 4.83 Å². The van der Waals surface area contributed by atoms with Crippen molar-refractivity contribution < 1.29 is 23.9 Å². The molecular weight excluding hydrogens is 562 g/mol. The smallest absolute Gasteiger partial charge is 0.337 e. The lowest BCUT2D eigenvalue weighted by atomic mass is 10.1. The predicted molar refractivity (Wildman–Crippen MR) is 159 cm³/mol. The van der Waals surface area contributed by atoms with Crippen molar-refractivity contribution in [2.24, 2.45) is 0 Å². The minimum Gasteiger partial charge on any atom is -0.465 e. The highest BCUT2D eigenvalue weighted by Crippen LogP contribution is 2.36. The van der Waals surface area contributed by atoms with E-state index in [1.165, 1.54) is 36.9 Å². The van der Waals surface area contributed by atoms with Gasteiger partial charge in [-0.3, -0.25) is 14.2 Å². The predicted octanol–water partition coefficient (Wildman–Crippen LogP) is 5.09. The molecule has 0 fully saturated rings. The summed E-state index contributed by atoms with van der Waals surface area (Å²) in [6.45, 7) is 7.74. The van der Waals surface area contributed by atoms with Crippen LogP contribution in [0, 0.1) is 13.8 Å². The van der Waals surface area contributed by atoms with Gasteiger partial charge in [-0.2, -0.15) is 0 Å². The van der Waals surface area contributed by atoms with Crippen LogP contribution in [-0.2, 0) is 28.9 Å². The van der Waals surface area contributed by atoms with Crippen molar-refractivity contribution in [3.05, 3.63) is 85.8 Å². The van der Waals surface area contributed by atoms with Crippen LogP contribution in [0.4, 0.5) is 0 Å². The number of hydrogen-bond donors (Lipinski definition) is 0. The van der Waals surface area contributed by atoms with Gasteiger partial charge in [-0.25, -0.2) is 14.6 Å². The van der Waals surface area contributed by atoms with Crippen LogP contribution in [0.25, 0.3) is 15.9 Å². The molecule has 1 aliphatic carbocycles. The lowest BCUT2D eigenvalue weighted by molar-refractivity contribution is 0.0598. The van der Waals surface area contributed by atoms with Crippen LogP contribution >= 0.6 is 23.1 Å². The number of rotatable bonds is 9. The summed E-state index contributed by atoms with van der Waals surface area (Å²) in [4.78, 5) is 58.3. The van der Waals surface area contributed by atoms with Crippen LogP contribution < -0.4 is 5.56 Å². The standard InChI is InChI=1S/C30H29N3O6S2/c1-6-10-32-27(35)25-21-8-7-9-24(21)41-26(25)31-30(32)40-15-23(34)22-11-16(2)33(17(22)3)20-13-18(28(36)38-4)12-19(14-20)29(37)39-5/h6,11-14H,1,7-10,15H2,2-5H3. The van der Waals surface area contributed by atoms with Gasteiger partial charge < -0.3 is 14.0 Å². The summed E-state index contributed by atoms with van der Waals surface area (Å²) in [5.74, 6) is -1.27. The number of esters is 2. The Labute approximate surface area is 244 Å². The molecular formula is C30H29N3O6S2. The molecule has 0 aliphatic heterocycles. The van der Waals surface area contributed by atoms with Crippen molar-refractivity contribution in [1.29, 1.82) is 0 Å². The van der Waals surface area contributed by atoms with Gasteiger partial charge in [-0.05, 0) is 62.9 Å². The zero-order valence-electron chi connectivity index (χ0n) is 23.2. The SMILES string of the molecule is C=CCn1c(SCC(=O)c2cc(C)n(-c3cc(C(=O)OC)cc(C(=O)OC)c3)c2C)nc2sc3c(c2c1=O)CCC3. The van der Waals surface area contributed by atoms with Crippen LogP contribution in [0.2, 0.25) is 0 Å². The topological polar surface area (TPSA) is 109 Å². The molecule has 0 bridgehead atoms. The fourth-order valence-corrected chi connectivity index (χ4v) is 7.51. The van der Waals surface area contributed by atoms with Gasteiger partial charge in [0.2, 0.25) is 0 Å². The molecule has 0 radical (unpaired) electrons. The Morgan fingerprint density at radius 3 is 2.39 bits per heavy atom. The summed E-state index contributed by atoms with van der Waals surface area (Å²) in [7, 11) is 2.53. The number of aryl methyl sites for hydroxylation is 3. The molecule has 1 aromatic carbocycles. The van der Waals surface area contributed by atoms with E-state index in [0.29, 0.717) is 34.0 Å². The van der Waals surface area contributed by atoms with E-state index in [-0.39, 0.29) is 28.2 Å². The summed E-state index contributed by atoms with van der Waals surface area (Å²) < 4.78 is 13.1. The first-order valence-corrected chi connectivity index (χ1v) is 14.8. The lowest BCUT2D eigenvalue weighted by Gasteiger charge is -2.13. The summed E-state index contributed by atoms with van der Waals surface area (Å²) >= 11 is 2.80. The van der Waals surface area contributed by atoms with Gasteiger partial charge in [0.25, 0.3) is 5.56 Å². The molecule has 0 saturated heterocycles. The van der Waals surface area contributed by atoms with Crippen LogP contribution in [0.1, 0.15) is 59.3 Å². The van der Waals surface area contributed by atoms with Crippen LogP contribution in [0.15, 0.2) is 46.9 Å². The van der Waals surface area contributed by atoms with Gasteiger partial charge in [0.05, 0.1) is 36.5 Å². The summed E-state index contributed by atoms with van der Waals surface area (Å²) in [6, 6.07) is 6.39. The third-order valence-corrected chi connectivity index (χ3v) is 9.35. The van der Waals surface area contributed by atoms with Crippen LogP contribution in [-0.4, -0.2) is 51.8 Å². The van der Waals surface area contributed by atoms with E-state index in [0.717, 1.165) is 35.4 Å². The van der Waals surface area contributed by atoms with E-state index in [1.54, 1.807) is 47.1 Å². The number of benzene rings is 1. The summed E-state index contributed by atoms with van der Waals surface area (Å²) in [5, 5.41) is 1.18. The molecule has 5 rings (SSSR count). The number of carbonyl (C=O) groups excluding carboxylic acids is 3. The quantitative estimate of drug-likeness (QED) is 0.0871. The molecule has 0 amide bonds. The molecule has 41 heavy (non-hydrogen) atoms. The molecule has 0 unspecified atom stereocenters. The van der Waals surface area contributed by atoms with Gasteiger partial charge in [0, 0.05) is 34.1 Å². The van der Waals surface area contributed by atoms with Crippen molar-refractivity contribution in [1.82, 2.24) is 14.1 Å². The summed E-state index contributed by atoms with van der Waals surface area (Å²) in [5.41, 5.74) is 3.79. The zero-order chi connectivity index (χ0) is 29.4. The number of thiophene rings is 1. The second-order valence-electron chi connectivity index (χ2n) is 9.72. The maximum Gasteiger partial charge on any atom is 0.337 e. The van der Waals surface area contributed by atoms with Gasteiger partial charge in [-0.15, -0.1) is 17.9 Å². The Morgan fingerprint density at radius 2 is 1.76 bits per heavy atom. The maximum atomic E-state index is 13.5. The number of thioether (sulfide) groups is 1. The molecule has 4 aromatic rings. The first kappa shape index (κ1) is 28.6. The second-order valence-corrected chi connectivity index (χ2v) is 11.7. The van der Waals surface area contributed by atoms with Crippen molar-refractivity contribution in [2.75, 3.05) is 20.0 Å². The minimum absolute atomic E-state index is 0.0695. The van der Waals surface area contributed by atoms with Crippen LogP contribution in [0.5, 0.6) is 0 Å². The number of ketones is 1. The fraction of sp³-hybridized carbons (Fsp3) is 0.300. The minimum atomic E-state index is -0.599. The Balaban J connectivity index is 1.47. The zero-order valence-corrected chi connectivity index (χ0v) is 24.9. The number of aromatic nitrogens is 3. The second kappa shape index (κ2) is 11.5. The Kier molecular flexibility index (Phi) is 8.01. The molecule has 9 nitrogen and oxygen atoms in total. The van der Waals surface area contributed by atoms with Crippen molar-refractivity contribution in [2.45, 2.75) is 44.8 Å². The number of ether oxygens (including phenoxy) is 2. The lowest BCUT2D eigenvalue weighted by Crippen LogP contribution is -2.23. The highest BCUT2D eigenvalue weighted by atomic mass is 32.2. The van der Waals surface area contributed by atoms with Crippen molar-refractivity contribution in [3.8, 4) is 5.69 Å². The average Bonchev–Trinajstić information content (AvgIpc) is 3.64. The molecule has 0 saturated carbocycles. The van der Waals surface area contributed by atoms with E-state index in [9.17, 15) is 19.2 Å². The number of fused-ring (bicyclic) bond motifs is 3. The highest BCUT2D eigenvalue weighted by Gasteiger charge is 2.25. The Hall–Kier alpha value is -3.96. The average molecular weight is 592 g/mol. The molecule has 1 aliphatic rings. The number of nitrogens with zero attached hydrogens (tertiary/aromatic N) is 3. The Bertz CT molecular complexity index is 1760. The van der Waals surface area contributed by atoms with Crippen molar-refractivity contribution >= 4 is 51.0 Å². The molecule has 3 heterocycles. The highest BCUT2D eigenvalue weighted by molar-refractivity contribution is 7.99. The number of carbonyl (C=O) groups is 3. The number of hydrogen-bond acceptors (Lipinski definition) is 9. The van der Waals surface area contributed by atoms with Gasteiger partial charge in [0.15, 0.2) is 10.9 Å². The van der Waals surface area contributed by atoms with E-state index in [4.69, 9.17) is 14.5 Å². The monoisotopic (exact) mass is 591 g/mol. The van der Waals surface area contributed by atoms with Gasteiger partial charge >= 0.3 is 11.9 Å². The van der Waals surface area contributed by atoms with Crippen LogP contribution in [0.3, 0.4) is 0 Å². The van der Waals surface area contributed by atoms with E-state index >= 15 is 0 Å². The van der Waals surface area contributed by atoms with E-state index in [2.05, 4.69) is 6.58 Å². The Morgan fingerprint density at radius 1 is 1.07 bits per heavy atom. The molecule has 0 atom stereocenters. The largest absolute Gasteiger partial charge is 0.465 e. The maximum absolute atomic E-state index is 13.5. The number of Topliss-reactive ketones (excluding diaryl/α,β-unsaturated/α-hetero) is 1. The van der Waals surface area contributed by atoms with Gasteiger partial charge in [-0.1, -0.05) is 17.8 Å². The van der Waals surface area contributed by atoms with Crippen molar-refractivity contribution in [3.63, 3.8) is 0 Å². The third kappa shape index (κ3) is 5.15. The van der Waals surface area contributed by atoms with E-state index in [1.807, 2.05) is 11.5 Å². The molecule has 0 N–H and O–H groups in total. The number of methoxy groups -OCH3 is 2. The summed E-state index contributed by atoms with van der Waals surface area (Å²) in [6.07, 6.45) is 4.58. The molecule has 11 heteroatoms. The fourth-order valence-electron chi connectivity index (χ4n) is 5.32. The third-order valence-electron chi connectivity index (χ3n) is 7.18. The first-order valence-electron chi connectivity index (χ1n) is 13.0. The first-order chi connectivity index (χ1) is 19.7. The molecule has 0 spiro atoms. The molecule has 3 aromatic heterocycles. The molecule has 212 valence electrons. The number of allylic oxidation sites excluding steroid dienone is 1. The normalized spacial score (nSPS) is 12.4. The van der Waals surface area contributed by atoms with E-state index < -0.39 is 11.9 Å².